The lowest BCUT2D eigenvalue weighted by Crippen LogP contribution is -2.36. The molecule has 2 rings (SSSR count). The third kappa shape index (κ3) is 3.73. The van der Waals surface area contributed by atoms with E-state index in [1.54, 1.807) is 6.92 Å². The van der Waals surface area contributed by atoms with Gasteiger partial charge < -0.3 is 24.8 Å². The smallest absolute Gasteiger partial charge is 0.328 e. The molecule has 4 N–H and O–H groups in total. The number of carbonyl (C=O) groups excluding carboxylic acids is 1. The zero-order valence-corrected chi connectivity index (χ0v) is 13.0. The third-order valence-corrected chi connectivity index (χ3v) is 3.75. The predicted octanol–water partition coefficient (Wildman–Crippen LogP) is -2.36. The summed E-state index contributed by atoms with van der Waals surface area (Å²) in [5.74, 6) is -0.495. The van der Waals surface area contributed by atoms with Gasteiger partial charge in [-0.15, -0.1) is 0 Å². The van der Waals surface area contributed by atoms with E-state index in [4.69, 9.17) is 14.6 Å². The van der Waals surface area contributed by atoms with Crippen molar-refractivity contribution in [1.29, 1.82) is 0 Å². The standard InChI is InChI=1S/C14H20N2O8/c1-2-23-9(18)3-4-16-5-7(13(21)15-14(16)22)12-11(20)10(19)8(6-17)24-12/h5,8,10-12,17,19-20H,2-4,6H2,1H3,(H,15,21,22). The van der Waals surface area contributed by atoms with E-state index in [1.165, 1.54) is 6.20 Å². The van der Waals surface area contributed by atoms with Crippen molar-refractivity contribution in [2.24, 2.45) is 0 Å². The lowest BCUT2D eigenvalue weighted by Gasteiger charge is -2.15. The van der Waals surface area contributed by atoms with E-state index in [9.17, 15) is 24.6 Å². The van der Waals surface area contributed by atoms with Crippen molar-refractivity contribution in [1.82, 2.24) is 9.55 Å². The first kappa shape index (κ1) is 18.3. The second-order valence-corrected chi connectivity index (χ2v) is 5.35. The van der Waals surface area contributed by atoms with Crippen molar-refractivity contribution in [2.75, 3.05) is 13.2 Å². The van der Waals surface area contributed by atoms with Crippen LogP contribution in [-0.2, 0) is 20.8 Å². The Kier molecular flexibility index (Phi) is 5.89. The number of hydrogen-bond acceptors (Lipinski definition) is 8. The van der Waals surface area contributed by atoms with E-state index in [0.717, 1.165) is 4.57 Å². The molecule has 0 aromatic carbocycles. The highest BCUT2D eigenvalue weighted by Crippen LogP contribution is 2.31. The first-order chi connectivity index (χ1) is 11.4. The van der Waals surface area contributed by atoms with Gasteiger partial charge in [0.15, 0.2) is 0 Å². The van der Waals surface area contributed by atoms with Gasteiger partial charge in [0.1, 0.15) is 24.4 Å². The van der Waals surface area contributed by atoms with Crippen LogP contribution in [0.25, 0.3) is 0 Å². The van der Waals surface area contributed by atoms with Crippen LogP contribution in [-0.4, -0.2) is 62.4 Å². The van der Waals surface area contributed by atoms with Crippen molar-refractivity contribution in [3.8, 4) is 0 Å². The number of H-pyrrole nitrogens is 1. The van der Waals surface area contributed by atoms with E-state index < -0.39 is 48.2 Å². The predicted molar refractivity (Wildman–Crippen MR) is 79.3 cm³/mol. The summed E-state index contributed by atoms with van der Waals surface area (Å²) in [6, 6.07) is 0. The fraction of sp³-hybridized carbons (Fsp3) is 0.643. The van der Waals surface area contributed by atoms with Gasteiger partial charge in [-0.2, -0.15) is 0 Å². The molecular formula is C14H20N2O8. The normalized spacial score (nSPS) is 26.5. The molecule has 24 heavy (non-hydrogen) atoms. The molecule has 0 spiro atoms. The van der Waals surface area contributed by atoms with E-state index in [0.29, 0.717) is 0 Å². The van der Waals surface area contributed by atoms with Gasteiger partial charge in [0, 0.05) is 12.7 Å². The zero-order chi connectivity index (χ0) is 17.9. The van der Waals surface area contributed by atoms with E-state index in [2.05, 4.69) is 4.98 Å². The molecule has 2 heterocycles. The average molecular weight is 344 g/mol. The number of hydrogen-bond donors (Lipinski definition) is 4. The monoisotopic (exact) mass is 344 g/mol. The number of aliphatic hydroxyl groups is 3. The molecule has 0 radical (unpaired) electrons. The van der Waals surface area contributed by atoms with Crippen LogP contribution >= 0.6 is 0 Å². The van der Waals surface area contributed by atoms with Gasteiger partial charge in [0.2, 0.25) is 0 Å². The molecule has 1 aliphatic heterocycles. The Hall–Kier alpha value is -2.01. The molecule has 0 amide bonds. The summed E-state index contributed by atoms with van der Waals surface area (Å²) in [6.45, 7) is 1.31. The Bertz CT molecular complexity index is 697. The van der Waals surface area contributed by atoms with Crippen LogP contribution in [0, 0.1) is 0 Å². The molecule has 0 bridgehead atoms. The second kappa shape index (κ2) is 7.71. The minimum absolute atomic E-state index is 0.0315. The SMILES string of the molecule is CCOC(=O)CCn1cc(C2OC(CO)C(O)C2O)c(=O)[nH]c1=O. The Morgan fingerprint density at radius 1 is 1.38 bits per heavy atom. The number of carbonyl (C=O) groups is 1. The van der Waals surface area contributed by atoms with Crippen LogP contribution in [0.2, 0.25) is 0 Å². The van der Waals surface area contributed by atoms with Gasteiger partial charge in [-0.3, -0.25) is 19.1 Å². The van der Waals surface area contributed by atoms with Crippen molar-refractivity contribution < 1.29 is 29.6 Å². The Labute approximate surface area is 136 Å². The largest absolute Gasteiger partial charge is 0.466 e. The highest BCUT2D eigenvalue weighted by atomic mass is 16.6. The summed E-state index contributed by atoms with van der Waals surface area (Å²) < 4.78 is 11.1. The van der Waals surface area contributed by atoms with Crippen molar-refractivity contribution in [3.63, 3.8) is 0 Å². The van der Waals surface area contributed by atoms with Crippen LogP contribution < -0.4 is 11.2 Å². The average Bonchev–Trinajstić information content (AvgIpc) is 2.82. The molecule has 1 aliphatic rings. The van der Waals surface area contributed by atoms with E-state index in [-0.39, 0.29) is 25.1 Å². The summed E-state index contributed by atoms with van der Waals surface area (Å²) >= 11 is 0. The topological polar surface area (TPSA) is 151 Å². The van der Waals surface area contributed by atoms with Crippen LogP contribution in [0.5, 0.6) is 0 Å². The van der Waals surface area contributed by atoms with Crippen molar-refractivity contribution in [2.45, 2.75) is 44.3 Å². The molecule has 0 aliphatic carbocycles. The number of aromatic amines is 1. The Morgan fingerprint density at radius 3 is 2.67 bits per heavy atom. The molecular weight excluding hydrogens is 324 g/mol. The first-order valence-corrected chi connectivity index (χ1v) is 7.50. The summed E-state index contributed by atoms with van der Waals surface area (Å²) in [7, 11) is 0. The number of rotatable bonds is 6. The maximum Gasteiger partial charge on any atom is 0.328 e. The summed E-state index contributed by atoms with van der Waals surface area (Å²) in [5, 5.41) is 28.8. The van der Waals surface area contributed by atoms with Crippen LogP contribution in [0.3, 0.4) is 0 Å². The Morgan fingerprint density at radius 2 is 2.08 bits per heavy atom. The van der Waals surface area contributed by atoms with Gasteiger partial charge in [0.25, 0.3) is 5.56 Å². The molecule has 10 heteroatoms. The first-order valence-electron chi connectivity index (χ1n) is 7.50. The number of aliphatic hydroxyl groups excluding tert-OH is 3. The third-order valence-electron chi connectivity index (χ3n) is 3.75. The number of ether oxygens (including phenoxy) is 2. The molecule has 4 unspecified atom stereocenters. The van der Waals surface area contributed by atoms with Crippen molar-refractivity contribution in [3.05, 3.63) is 32.6 Å². The number of nitrogens with one attached hydrogen (secondary N) is 1. The summed E-state index contributed by atoms with van der Waals surface area (Å²) in [4.78, 5) is 37.2. The highest BCUT2D eigenvalue weighted by molar-refractivity contribution is 5.69. The molecule has 4 atom stereocenters. The second-order valence-electron chi connectivity index (χ2n) is 5.35. The summed E-state index contributed by atoms with van der Waals surface area (Å²) in [6.07, 6.45) is -3.94. The molecule has 134 valence electrons. The molecule has 1 aromatic rings. The number of aryl methyl sites for hydroxylation is 1. The lowest BCUT2D eigenvalue weighted by atomic mass is 10.0. The quantitative estimate of drug-likeness (QED) is 0.419. The number of esters is 1. The van der Waals surface area contributed by atoms with Crippen molar-refractivity contribution >= 4 is 5.97 Å². The fourth-order valence-electron chi connectivity index (χ4n) is 2.50. The van der Waals surface area contributed by atoms with Crippen LogP contribution in [0.15, 0.2) is 15.8 Å². The maximum absolute atomic E-state index is 12.0. The van der Waals surface area contributed by atoms with Gasteiger partial charge in [-0.1, -0.05) is 0 Å². The van der Waals surface area contributed by atoms with Gasteiger partial charge in [-0.05, 0) is 6.92 Å². The lowest BCUT2D eigenvalue weighted by molar-refractivity contribution is -0.143. The molecule has 1 aromatic heterocycles. The van der Waals surface area contributed by atoms with Crippen LogP contribution in [0.1, 0.15) is 25.0 Å². The van der Waals surface area contributed by atoms with Crippen LogP contribution in [0.4, 0.5) is 0 Å². The van der Waals surface area contributed by atoms with Gasteiger partial charge in [0.05, 0.1) is 25.2 Å². The highest BCUT2D eigenvalue weighted by Gasteiger charge is 2.44. The molecule has 1 saturated heterocycles. The number of nitrogens with zero attached hydrogens (tertiary/aromatic N) is 1. The summed E-state index contributed by atoms with van der Waals surface area (Å²) in [5.41, 5.74) is -1.58. The fourth-order valence-corrected chi connectivity index (χ4v) is 2.50. The minimum atomic E-state index is -1.43. The number of aromatic nitrogens is 2. The Balaban J connectivity index is 2.25. The van der Waals surface area contributed by atoms with E-state index >= 15 is 0 Å². The minimum Gasteiger partial charge on any atom is -0.466 e. The molecule has 10 nitrogen and oxygen atoms in total. The van der Waals surface area contributed by atoms with E-state index in [1.807, 2.05) is 0 Å². The zero-order valence-electron chi connectivity index (χ0n) is 13.0. The molecule has 0 saturated carbocycles. The molecule has 1 fully saturated rings. The van der Waals surface area contributed by atoms with Gasteiger partial charge in [-0.25, -0.2) is 4.79 Å². The maximum atomic E-state index is 12.0. The van der Waals surface area contributed by atoms with Gasteiger partial charge >= 0.3 is 11.7 Å².